The Morgan fingerprint density at radius 3 is 2.78 bits per heavy atom. The number of anilines is 1. The van der Waals surface area contributed by atoms with Gasteiger partial charge in [-0.15, -0.1) is 0 Å². The van der Waals surface area contributed by atoms with E-state index in [-0.39, 0.29) is 23.9 Å². The zero-order valence-corrected chi connectivity index (χ0v) is 11.2. The molecule has 1 heterocycles. The summed E-state index contributed by atoms with van der Waals surface area (Å²) in [5, 5.41) is 2.21. The molecule has 0 radical (unpaired) electrons. The maximum absolute atomic E-state index is 12.2. The van der Waals surface area contributed by atoms with Gasteiger partial charge in [-0.25, -0.2) is 8.42 Å². The van der Waals surface area contributed by atoms with E-state index in [1.807, 2.05) is 0 Å². The van der Waals surface area contributed by atoms with E-state index in [0.29, 0.717) is 5.69 Å². The highest BCUT2D eigenvalue weighted by Gasteiger charge is 2.36. The van der Waals surface area contributed by atoms with Gasteiger partial charge in [0.1, 0.15) is 0 Å². The standard InChI is InChI=1S/C12H16N2O3S/c1-9-8-14(12(15)7-13-2)10-5-3-4-6-11(10)18(9,16)17/h3-6,9,13H,7-8H2,1-2H3. The molecule has 0 spiro atoms. The number of benzene rings is 1. The summed E-state index contributed by atoms with van der Waals surface area (Å²) in [5.41, 5.74) is 0.482. The molecule has 1 aliphatic rings. The minimum absolute atomic E-state index is 0.119. The van der Waals surface area contributed by atoms with E-state index >= 15 is 0 Å². The normalized spacial score (nSPS) is 21.4. The summed E-state index contributed by atoms with van der Waals surface area (Å²) in [5.74, 6) is -0.119. The maximum Gasteiger partial charge on any atom is 0.241 e. The fraction of sp³-hybridized carbons (Fsp3) is 0.417. The summed E-state index contributed by atoms with van der Waals surface area (Å²) in [7, 11) is -1.63. The highest BCUT2D eigenvalue weighted by molar-refractivity contribution is 7.92. The number of fused-ring (bicyclic) bond motifs is 1. The van der Waals surface area contributed by atoms with Crippen molar-refractivity contribution in [1.29, 1.82) is 0 Å². The third kappa shape index (κ3) is 2.02. The van der Waals surface area contributed by atoms with Crippen molar-refractivity contribution in [3.8, 4) is 0 Å². The fourth-order valence-corrected chi connectivity index (χ4v) is 3.59. The van der Waals surface area contributed by atoms with E-state index in [4.69, 9.17) is 0 Å². The van der Waals surface area contributed by atoms with Gasteiger partial charge in [0.25, 0.3) is 0 Å². The number of amides is 1. The van der Waals surface area contributed by atoms with Crippen LogP contribution >= 0.6 is 0 Å². The van der Waals surface area contributed by atoms with Crippen LogP contribution in [-0.2, 0) is 14.6 Å². The number of rotatable bonds is 2. The molecule has 0 fully saturated rings. The zero-order chi connectivity index (χ0) is 13.3. The topological polar surface area (TPSA) is 66.5 Å². The smallest absolute Gasteiger partial charge is 0.241 e. The molecule has 98 valence electrons. The minimum Gasteiger partial charge on any atom is -0.311 e. The van der Waals surface area contributed by atoms with Crippen molar-refractivity contribution in [2.24, 2.45) is 0 Å². The van der Waals surface area contributed by atoms with Crippen LogP contribution in [0.15, 0.2) is 29.2 Å². The highest BCUT2D eigenvalue weighted by atomic mass is 32.2. The lowest BCUT2D eigenvalue weighted by Crippen LogP contribution is -2.46. The molecule has 0 aliphatic carbocycles. The van der Waals surface area contributed by atoms with E-state index in [1.54, 1.807) is 38.2 Å². The van der Waals surface area contributed by atoms with Crippen LogP contribution in [0, 0.1) is 0 Å². The number of sulfone groups is 1. The summed E-state index contributed by atoms with van der Waals surface area (Å²) >= 11 is 0. The lowest BCUT2D eigenvalue weighted by Gasteiger charge is -2.32. The van der Waals surface area contributed by atoms with Gasteiger partial charge in [0.2, 0.25) is 5.91 Å². The number of likely N-dealkylation sites (N-methyl/N-ethyl adjacent to an activating group) is 1. The Kier molecular flexibility index (Phi) is 3.41. The first-order valence-corrected chi connectivity index (χ1v) is 7.31. The fourth-order valence-electron chi connectivity index (χ4n) is 2.07. The Hall–Kier alpha value is -1.40. The van der Waals surface area contributed by atoms with E-state index in [2.05, 4.69) is 5.32 Å². The zero-order valence-electron chi connectivity index (χ0n) is 10.4. The van der Waals surface area contributed by atoms with Crippen molar-refractivity contribution in [3.63, 3.8) is 0 Å². The van der Waals surface area contributed by atoms with Crippen LogP contribution in [0.3, 0.4) is 0 Å². The molecule has 0 aromatic heterocycles. The van der Waals surface area contributed by atoms with Crippen molar-refractivity contribution in [2.75, 3.05) is 25.0 Å². The monoisotopic (exact) mass is 268 g/mol. The molecular formula is C12H16N2O3S. The van der Waals surface area contributed by atoms with Gasteiger partial charge in [-0.1, -0.05) is 12.1 Å². The molecule has 0 saturated heterocycles. The average Bonchev–Trinajstić information content (AvgIpc) is 2.34. The molecule has 0 saturated carbocycles. The summed E-state index contributed by atoms with van der Waals surface area (Å²) in [6.45, 7) is 2.03. The van der Waals surface area contributed by atoms with Gasteiger partial charge in [0, 0.05) is 6.54 Å². The number of nitrogens with zero attached hydrogens (tertiary/aromatic N) is 1. The predicted octanol–water partition coefficient (Wildman–Crippen LogP) is 0.415. The van der Waals surface area contributed by atoms with Gasteiger partial charge in [0.05, 0.1) is 22.4 Å². The number of para-hydroxylation sites is 1. The molecular weight excluding hydrogens is 252 g/mol. The number of hydrogen-bond acceptors (Lipinski definition) is 4. The van der Waals surface area contributed by atoms with E-state index in [9.17, 15) is 13.2 Å². The quantitative estimate of drug-likeness (QED) is 0.844. The molecule has 1 N–H and O–H groups in total. The molecule has 1 atom stereocenters. The number of nitrogens with one attached hydrogen (secondary N) is 1. The van der Waals surface area contributed by atoms with Crippen LogP contribution in [0.4, 0.5) is 5.69 Å². The van der Waals surface area contributed by atoms with Crippen LogP contribution in [0.25, 0.3) is 0 Å². The Bertz CT molecular complexity index is 568. The van der Waals surface area contributed by atoms with Gasteiger partial charge in [-0.2, -0.15) is 0 Å². The molecule has 6 heteroatoms. The first kappa shape index (κ1) is 13.0. The molecule has 18 heavy (non-hydrogen) atoms. The second-order valence-corrected chi connectivity index (χ2v) is 6.69. The first-order valence-electron chi connectivity index (χ1n) is 5.76. The Morgan fingerprint density at radius 1 is 1.44 bits per heavy atom. The second-order valence-electron chi connectivity index (χ2n) is 4.36. The van der Waals surface area contributed by atoms with Crippen LogP contribution in [0.1, 0.15) is 6.92 Å². The largest absolute Gasteiger partial charge is 0.311 e. The molecule has 1 aromatic rings. The van der Waals surface area contributed by atoms with E-state index < -0.39 is 15.1 Å². The molecule has 1 aromatic carbocycles. The number of carbonyl (C=O) groups is 1. The van der Waals surface area contributed by atoms with Crippen molar-refractivity contribution in [1.82, 2.24) is 5.32 Å². The van der Waals surface area contributed by atoms with E-state index in [0.717, 1.165) is 0 Å². The Labute approximate surface area is 107 Å². The minimum atomic E-state index is -3.32. The van der Waals surface area contributed by atoms with Crippen LogP contribution in [0.2, 0.25) is 0 Å². The molecule has 1 unspecified atom stereocenters. The molecule has 5 nitrogen and oxygen atoms in total. The van der Waals surface area contributed by atoms with Gasteiger partial charge in [-0.3, -0.25) is 4.79 Å². The number of carbonyl (C=O) groups excluding carboxylic acids is 1. The molecule has 1 aliphatic heterocycles. The molecule has 2 rings (SSSR count). The predicted molar refractivity (Wildman–Crippen MR) is 69.4 cm³/mol. The Morgan fingerprint density at radius 2 is 2.11 bits per heavy atom. The SMILES string of the molecule is CNCC(=O)N1CC(C)S(=O)(=O)c2ccccc21. The van der Waals surface area contributed by atoms with Crippen LogP contribution < -0.4 is 10.2 Å². The van der Waals surface area contributed by atoms with Crippen molar-refractivity contribution >= 4 is 21.4 Å². The van der Waals surface area contributed by atoms with Crippen molar-refractivity contribution in [3.05, 3.63) is 24.3 Å². The third-order valence-corrected chi connectivity index (χ3v) is 5.23. The lowest BCUT2D eigenvalue weighted by molar-refractivity contribution is -0.117. The summed E-state index contributed by atoms with van der Waals surface area (Å²) in [6, 6.07) is 6.64. The van der Waals surface area contributed by atoms with Crippen molar-refractivity contribution in [2.45, 2.75) is 17.1 Å². The van der Waals surface area contributed by atoms with Crippen LogP contribution in [-0.4, -0.2) is 39.7 Å². The van der Waals surface area contributed by atoms with Gasteiger partial charge in [0.15, 0.2) is 9.84 Å². The molecule has 0 bridgehead atoms. The van der Waals surface area contributed by atoms with Gasteiger partial charge < -0.3 is 10.2 Å². The van der Waals surface area contributed by atoms with Gasteiger partial charge >= 0.3 is 0 Å². The van der Waals surface area contributed by atoms with E-state index in [1.165, 1.54) is 4.90 Å². The number of hydrogen-bond donors (Lipinski definition) is 1. The van der Waals surface area contributed by atoms with Crippen molar-refractivity contribution < 1.29 is 13.2 Å². The van der Waals surface area contributed by atoms with Crippen LogP contribution in [0.5, 0.6) is 0 Å². The first-order chi connectivity index (χ1) is 8.48. The highest BCUT2D eigenvalue weighted by Crippen LogP contribution is 2.33. The Balaban J connectivity index is 2.52. The lowest BCUT2D eigenvalue weighted by atomic mass is 10.2. The average molecular weight is 268 g/mol. The molecule has 1 amide bonds. The summed E-state index contributed by atoms with van der Waals surface area (Å²) < 4.78 is 24.4. The second kappa shape index (κ2) is 4.70. The summed E-state index contributed by atoms with van der Waals surface area (Å²) in [6.07, 6.45) is 0. The maximum atomic E-state index is 12.2. The third-order valence-electron chi connectivity index (χ3n) is 3.06. The summed E-state index contributed by atoms with van der Waals surface area (Å²) in [4.78, 5) is 13.8. The van der Waals surface area contributed by atoms with Gasteiger partial charge in [-0.05, 0) is 26.1 Å².